The molecule has 3 aromatic carbocycles. The van der Waals surface area contributed by atoms with Crippen molar-refractivity contribution >= 4 is 56.3 Å². The van der Waals surface area contributed by atoms with Gasteiger partial charge in [-0.2, -0.15) is 0 Å². The van der Waals surface area contributed by atoms with Crippen molar-refractivity contribution in [2.75, 3.05) is 19.0 Å². The van der Waals surface area contributed by atoms with E-state index in [1.165, 1.54) is 11.3 Å². The number of halogens is 1. The number of thiazole rings is 1. The lowest BCUT2D eigenvalue weighted by Crippen LogP contribution is -2.08. The number of carbonyl (C=O) groups excluding carboxylic acids is 1. The number of Topliss-reactive ketones (excluding diaryl/α,β-unsaturated/α-hetero) is 1. The number of hydrogen-bond donors (Lipinski definition) is 0. The van der Waals surface area contributed by atoms with Gasteiger partial charge < -0.3 is 9.64 Å². The third-order valence-corrected chi connectivity index (χ3v) is 7.17. The van der Waals surface area contributed by atoms with Crippen molar-refractivity contribution in [3.8, 4) is 0 Å². The molecule has 0 amide bonds. The Morgan fingerprint density at radius 3 is 2.46 bits per heavy atom. The summed E-state index contributed by atoms with van der Waals surface area (Å²) in [5.74, 6) is 1.25. The molecule has 37 heavy (non-hydrogen) atoms. The number of ketones is 1. The van der Waals surface area contributed by atoms with Gasteiger partial charge in [-0.15, -0.1) is 11.3 Å². The van der Waals surface area contributed by atoms with Crippen molar-refractivity contribution in [3.05, 3.63) is 129 Å². The van der Waals surface area contributed by atoms with Crippen molar-refractivity contribution in [2.45, 2.75) is 6.92 Å². The zero-order valence-electron chi connectivity index (χ0n) is 20.7. The number of anilines is 1. The lowest BCUT2D eigenvalue weighted by atomic mass is 9.96. The molecule has 0 spiro atoms. The topological polar surface area (TPSA) is 42.4 Å². The summed E-state index contributed by atoms with van der Waals surface area (Å²) in [4.78, 5) is 20.7. The number of nitrogens with zero attached hydrogens (tertiary/aromatic N) is 2. The average molecular weight is 525 g/mol. The first-order chi connectivity index (χ1) is 17.9. The Kier molecular flexibility index (Phi) is 7.08. The fourth-order valence-electron chi connectivity index (χ4n) is 4.04. The molecule has 4 nitrogen and oxygen atoms in total. The van der Waals surface area contributed by atoms with Crippen LogP contribution >= 0.6 is 22.9 Å². The molecule has 6 heteroatoms. The van der Waals surface area contributed by atoms with Crippen LogP contribution in [0.25, 0.3) is 21.9 Å². The van der Waals surface area contributed by atoms with E-state index in [4.69, 9.17) is 21.3 Å². The minimum absolute atomic E-state index is 0.0921. The van der Waals surface area contributed by atoms with Crippen molar-refractivity contribution < 1.29 is 9.53 Å². The Morgan fingerprint density at radius 1 is 0.973 bits per heavy atom. The first-order valence-electron chi connectivity index (χ1n) is 11.8. The van der Waals surface area contributed by atoms with Gasteiger partial charge in [0.2, 0.25) is 0 Å². The number of ether oxygens (including phenoxy) is 1. The molecule has 4 aromatic rings. The second-order valence-electron chi connectivity index (χ2n) is 8.88. The van der Waals surface area contributed by atoms with Crippen LogP contribution in [-0.4, -0.2) is 24.9 Å². The van der Waals surface area contributed by atoms with E-state index >= 15 is 0 Å². The first kappa shape index (κ1) is 24.8. The first-order valence-corrected chi connectivity index (χ1v) is 13.0. The summed E-state index contributed by atoms with van der Waals surface area (Å²) in [5.41, 5.74) is 4.89. The molecule has 1 aromatic heterocycles. The molecule has 0 bridgehead atoms. The maximum Gasteiger partial charge on any atom is 0.196 e. The van der Waals surface area contributed by atoms with Crippen LogP contribution in [-0.2, 0) is 4.74 Å². The summed E-state index contributed by atoms with van der Waals surface area (Å²) >= 11 is 7.67. The number of benzene rings is 3. The van der Waals surface area contributed by atoms with Gasteiger partial charge in [0.15, 0.2) is 5.78 Å². The van der Waals surface area contributed by atoms with E-state index in [0.29, 0.717) is 32.7 Å². The van der Waals surface area contributed by atoms with E-state index < -0.39 is 0 Å². The molecule has 2 heterocycles. The molecule has 5 rings (SSSR count). The predicted octanol–water partition coefficient (Wildman–Crippen LogP) is 8.18. The van der Waals surface area contributed by atoms with Crippen LogP contribution in [0.4, 0.5) is 5.69 Å². The Morgan fingerprint density at radius 2 is 1.73 bits per heavy atom. The third-order valence-electron chi connectivity index (χ3n) is 5.90. The number of allylic oxidation sites excluding steroid dienone is 6. The van der Waals surface area contributed by atoms with E-state index in [1.807, 2.05) is 93.9 Å². The maximum absolute atomic E-state index is 13.8. The van der Waals surface area contributed by atoms with Gasteiger partial charge in [0.1, 0.15) is 16.5 Å². The summed E-state index contributed by atoms with van der Waals surface area (Å²) in [6, 6.07) is 23.1. The van der Waals surface area contributed by atoms with E-state index in [-0.39, 0.29) is 5.78 Å². The Balaban J connectivity index is 1.60. The van der Waals surface area contributed by atoms with Gasteiger partial charge >= 0.3 is 0 Å². The molecule has 0 saturated heterocycles. The SMILES string of the molecule is CC1=C/C(=C(/C(=O)c2ccccc2)c2nc3ccc(Cl)cc3s2)C=C(C=Cc2ccc(N(C)C)cc2)O1. The summed E-state index contributed by atoms with van der Waals surface area (Å²) in [6.07, 6.45) is 7.70. The molecule has 0 atom stereocenters. The molecular formula is C31H25ClN2O2S. The summed E-state index contributed by atoms with van der Waals surface area (Å²) in [7, 11) is 4.03. The largest absolute Gasteiger partial charge is 0.462 e. The molecule has 0 aliphatic carbocycles. The van der Waals surface area contributed by atoms with Crippen LogP contribution in [0.5, 0.6) is 0 Å². The smallest absolute Gasteiger partial charge is 0.196 e. The maximum atomic E-state index is 13.8. The molecule has 1 aliphatic rings. The minimum atomic E-state index is -0.0921. The van der Waals surface area contributed by atoms with E-state index in [2.05, 4.69) is 29.2 Å². The molecular weight excluding hydrogens is 500 g/mol. The molecule has 1 aliphatic heterocycles. The van der Waals surface area contributed by atoms with Gasteiger partial charge in [-0.25, -0.2) is 4.98 Å². The van der Waals surface area contributed by atoms with Crippen LogP contribution in [0.2, 0.25) is 5.02 Å². The highest BCUT2D eigenvalue weighted by atomic mass is 35.5. The zero-order valence-corrected chi connectivity index (χ0v) is 22.3. The van der Waals surface area contributed by atoms with Crippen LogP contribution in [0, 0.1) is 0 Å². The number of aromatic nitrogens is 1. The van der Waals surface area contributed by atoms with Gasteiger partial charge in [-0.05, 0) is 66.6 Å². The molecule has 184 valence electrons. The summed E-state index contributed by atoms with van der Waals surface area (Å²) in [6.45, 7) is 1.88. The van der Waals surface area contributed by atoms with Gasteiger partial charge in [0.05, 0.1) is 15.8 Å². The monoisotopic (exact) mass is 524 g/mol. The fraction of sp³-hybridized carbons (Fsp3) is 0.0968. The van der Waals surface area contributed by atoms with Gasteiger partial charge in [-0.1, -0.05) is 60.1 Å². The van der Waals surface area contributed by atoms with Crippen molar-refractivity contribution in [1.82, 2.24) is 4.98 Å². The predicted molar refractivity (Wildman–Crippen MR) is 155 cm³/mol. The summed E-state index contributed by atoms with van der Waals surface area (Å²) < 4.78 is 6.92. The molecule has 0 saturated carbocycles. The highest BCUT2D eigenvalue weighted by Gasteiger charge is 2.23. The Hall–Kier alpha value is -3.93. The Bertz CT molecular complexity index is 1590. The lowest BCUT2D eigenvalue weighted by Gasteiger charge is -2.16. The molecule has 0 fully saturated rings. The van der Waals surface area contributed by atoms with Crippen LogP contribution in [0.3, 0.4) is 0 Å². The number of fused-ring (bicyclic) bond motifs is 1. The lowest BCUT2D eigenvalue weighted by molar-refractivity contribution is 0.105. The number of carbonyl (C=O) groups is 1. The quantitative estimate of drug-likeness (QED) is 0.188. The molecule has 0 unspecified atom stereocenters. The summed E-state index contributed by atoms with van der Waals surface area (Å²) in [5, 5.41) is 1.28. The standard InChI is InChI=1S/C31H25ClN2O2S/c1-20-17-23(18-26(36-20)15-11-21-9-13-25(14-10-21)34(2)3)29(30(35)22-7-5-4-6-8-22)31-33-27-16-12-24(32)19-28(27)37-31/h4-19H,1-3H3/b15-11?,29-23+. The zero-order chi connectivity index (χ0) is 25.9. The number of rotatable bonds is 6. The van der Waals surface area contributed by atoms with Gasteiger partial charge in [-0.3, -0.25) is 4.79 Å². The second-order valence-corrected chi connectivity index (χ2v) is 10.3. The third kappa shape index (κ3) is 5.58. The van der Waals surface area contributed by atoms with Gasteiger partial charge in [0.25, 0.3) is 0 Å². The van der Waals surface area contributed by atoms with E-state index in [1.54, 1.807) is 0 Å². The van der Waals surface area contributed by atoms with Crippen LogP contribution in [0.15, 0.2) is 108 Å². The van der Waals surface area contributed by atoms with Crippen molar-refractivity contribution in [1.29, 1.82) is 0 Å². The number of hydrogen-bond acceptors (Lipinski definition) is 5. The van der Waals surface area contributed by atoms with Crippen LogP contribution in [0.1, 0.15) is 27.9 Å². The van der Waals surface area contributed by atoms with Crippen molar-refractivity contribution in [3.63, 3.8) is 0 Å². The highest BCUT2D eigenvalue weighted by Crippen LogP contribution is 2.35. The van der Waals surface area contributed by atoms with E-state index in [0.717, 1.165) is 27.0 Å². The van der Waals surface area contributed by atoms with E-state index in [9.17, 15) is 4.79 Å². The molecule has 0 radical (unpaired) electrons. The highest BCUT2D eigenvalue weighted by molar-refractivity contribution is 7.20. The Labute approximate surface area is 225 Å². The second kappa shape index (κ2) is 10.6. The normalized spacial score (nSPS) is 14.8. The van der Waals surface area contributed by atoms with Crippen LogP contribution < -0.4 is 4.90 Å². The minimum Gasteiger partial charge on any atom is -0.462 e. The fourth-order valence-corrected chi connectivity index (χ4v) is 5.34. The average Bonchev–Trinajstić information content (AvgIpc) is 3.30. The van der Waals surface area contributed by atoms with Gasteiger partial charge in [0, 0.05) is 30.4 Å². The molecule has 0 N–H and O–H groups in total. The van der Waals surface area contributed by atoms with Crippen molar-refractivity contribution in [2.24, 2.45) is 0 Å².